The molecule has 0 saturated carbocycles. The van der Waals surface area contributed by atoms with Crippen LogP contribution in [0.2, 0.25) is 0 Å². The summed E-state index contributed by atoms with van der Waals surface area (Å²) in [6.45, 7) is 0.702. The minimum absolute atomic E-state index is 0.322. The van der Waals surface area contributed by atoms with Crippen molar-refractivity contribution in [1.82, 2.24) is 0 Å². The Labute approximate surface area is 165 Å². The lowest BCUT2D eigenvalue weighted by Gasteiger charge is -2.12. The standard InChI is InChI=1S/C21H17IO4/c22-16-10-12-18(13-11-16)26-21(23)19-8-4-5-9-20(19)25-15-14-24-17-6-2-1-3-7-17/h1-13H,14-15H2. The number of halogens is 1. The summed E-state index contributed by atoms with van der Waals surface area (Å²) in [5.74, 6) is 1.30. The zero-order chi connectivity index (χ0) is 18.2. The number of hydrogen-bond acceptors (Lipinski definition) is 4. The highest BCUT2D eigenvalue weighted by atomic mass is 127. The Morgan fingerprint density at radius 1 is 0.731 bits per heavy atom. The van der Waals surface area contributed by atoms with Gasteiger partial charge in [0.25, 0.3) is 0 Å². The number of para-hydroxylation sites is 2. The fourth-order valence-electron chi connectivity index (χ4n) is 2.25. The van der Waals surface area contributed by atoms with Crippen molar-refractivity contribution in [2.75, 3.05) is 13.2 Å². The van der Waals surface area contributed by atoms with Crippen LogP contribution in [0.15, 0.2) is 78.9 Å². The molecule has 0 saturated heterocycles. The van der Waals surface area contributed by atoms with Gasteiger partial charge in [-0.3, -0.25) is 0 Å². The van der Waals surface area contributed by atoms with Crippen molar-refractivity contribution in [3.63, 3.8) is 0 Å². The SMILES string of the molecule is O=C(Oc1ccc(I)cc1)c1ccccc1OCCOc1ccccc1. The molecule has 0 aromatic heterocycles. The summed E-state index contributed by atoms with van der Waals surface area (Å²) in [7, 11) is 0. The first-order chi connectivity index (χ1) is 12.7. The first-order valence-electron chi connectivity index (χ1n) is 8.10. The number of esters is 1. The molecule has 3 rings (SSSR count). The predicted octanol–water partition coefficient (Wildman–Crippen LogP) is 4.97. The summed E-state index contributed by atoms with van der Waals surface area (Å²) < 4.78 is 17.8. The molecule has 3 aromatic carbocycles. The van der Waals surface area contributed by atoms with Gasteiger partial charge >= 0.3 is 5.97 Å². The Kier molecular flexibility index (Phi) is 6.49. The number of benzene rings is 3. The third-order valence-corrected chi connectivity index (χ3v) is 4.20. The number of ether oxygens (including phenoxy) is 3. The second kappa shape index (κ2) is 9.24. The van der Waals surface area contributed by atoms with Gasteiger partial charge in [-0.1, -0.05) is 30.3 Å². The predicted molar refractivity (Wildman–Crippen MR) is 108 cm³/mol. The van der Waals surface area contributed by atoms with E-state index in [-0.39, 0.29) is 0 Å². The van der Waals surface area contributed by atoms with Crippen LogP contribution in [0.25, 0.3) is 0 Å². The van der Waals surface area contributed by atoms with Gasteiger partial charge < -0.3 is 14.2 Å². The van der Waals surface area contributed by atoms with Crippen LogP contribution in [0.4, 0.5) is 0 Å². The van der Waals surface area contributed by atoms with Gasteiger partial charge in [0.15, 0.2) is 0 Å². The third-order valence-electron chi connectivity index (χ3n) is 3.48. The van der Waals surface area contributed by atoms with E-state index in [4.69, 9.17) is 14.2 Å². The molecule has 3 aromatic rings. The number of rotatable bonds is 7. The Morgan fingerprint density at radius 2 is 1.38 bits per heavy atom. The highest BCUT2D eigenvalue weighted by Gasteiger charge is 2.14. The molecule has 0 N–H and O–H groups in total. The highest BCUT2D eigenvalue weighted by Crippen LogP contribution is 2.21. The topological polar surface area (TPSA) is 44.8 Å². The summed E-state index contributed by atoms with van der Waals surface area (Å²) in [5.41, 5.74) is 0.380. The van der Waals surface area contributed by atoms with Crippen LogP contribution in [0.5, 0.6) is 17.2 Å². The monoisotopic (exact) mass is 460 g/mol. The largest absolute Gasteiger partial charge is 0.490 e. The molecule has 0 aliphatic heterocycles. The second-order valence-corrected chi connectivity index (χ2v) is 6.60. The average molecular weight is 460 g/mol. The van der Waals surface area contributed by atoms with Gasteiger partial charge in [0.05, 0.1) is 0 Å². The molecule has 0 fully saturated rings. The first kappa shape index (κ1) is 18.3. The summed E-state index contributed by atoms with van der Waals surface area (Å²) in [4.78, 5) is 12.4. The van der Waals surface area contributed by atoms with Crippen LogP contribution in [-0.4, -0.2) is 19.2 Å². The highest BCUT2D eigenvalue weighted by molar-refractivity contribution is 14.1. The Balaban J connectivity index is 1.58. The number of carbonyl (C=O) groups is 1. The van der Waals surface area contributed by atoms with Crippen molar-refractivity contribution in [2.24, 2.45) is 0 Å². The lowest BCUT2D eigenvalue weighted by molar-refractivity contribution is 0.0729. The van der Waals surface area contributed by atoms with Gasteiger partial charge in [-0.25, -0.2) is 4.79 Å². The lowest BCUT2D eigenvalue weighted by Crippen LogP contribution is -2.14. The number of hydrogen-bond donors (Lipinski definition) is 0. The molecule has 0 amide bonds. The molecule has 0 bridgehead atoms. The molecule has 0 aliphatic carbocycles. The molecule has 0 atom stereocenters. The molecule has 26 heavy (non-hydrogen) atoms. The van der Waals surface area contributed by atoms with E-state index >= 15 is 0 Å². The van der Waals surface area contributed by atoms with E-state index in [0.29, 0.717) is 30.3 Å². The maximum Gasteiger partial charge on any atom is 0.347 e. The fraction of sp³-hybridized carbons (Fsp3) is 0.0952. The van der Waals surface area contributed by atoms with Crippen molar-refractivity contribution in [3.8, 4) is 17.2 Å². The van der Waals surface area contributed by atoms with E-state index in [2.05, 4.69) is 22.6 Å². The van der Waals surface area contributed by atoms with Crippen LogP contribution in [0.3, 0.4) is 0 Å². The summed E-state index contributed by atoms with van der Waals surface area (Å²) >= 11 is 2.20. The van der Waals surface area contributed by atoms with Crippen LogP contribution >= 0.6 is 22.6 Å². The zero-order valence-electron chi connectivity index (χ0n) is 13.9. The number of carbonyl (C=O) groups excluding carboxylic acids is 1. The normalized spacial score (nSPS) is 10.2. The molecule has 0 aliphatic rings. The summed E-state index contributed by atoms with van der Waals surface area (Å²) in [6.07, 6.45) is 0. The van der Waals surface area contributed by atoms with E-state index in [1.165, 1.54) is 0 Å². The summed E-state index contributed by atoms with van der Waals surface area (Å²) in [6, 6.07) is 23.8. The van der Waals surface area contributed by atoms with Crippen LogP contribution in [0.1, 0.15) is 10.4 Å². The maximum atomic E-state index is 12.4. The van der Waals surface area contributed by atoms with Crippen molar-refractivity contribution in [2.45, 2.75) is 0 Å². The van der Waals surface area contributed by atoms with E-state index in [0.717, 1.165) is 9.32 Å². The zero-order valence-corrected chi connectivity index (χ0v) is 16.1. The van der Waals surface area contributed by atoms with Crippen molar-refractivity contribution in [3.05, 3.63) is 88.0 Å². The Morgan fingerprint density at radius 3 is 2.15 bits per heavy atom. The fourth-order valence-corrected chi connectivity index (χ4v) is 2.61. The van der Waals surface area contributed by atoms with Crippen molar-refractivity contribution >= 4 is 28.6 Å². The van der Waals surface area contributed by atoms with Crippen molar-refractivity contribution in [1.29, 1.82) is 0 Å². The first-order valence-corrected chi connectivity index (χ1v) is 9.18. The van der Waals surface area contributed by atoms with Crippen LogP contribution in [0, 0.1) is 3.57 Å². The molecule has 0 unspecified atom stereocenters. The van der Waals surface area contributed by atoms with Gasteiger partial charge in [0, 0.05) is 3.57 Å². The summed E-state index contributed by atoms with van der Waals surface area (Å²) in [5, 5.41) is 0. The Bertz CT molecular complexity index is 847. The third kappa shape index (κ3) is 5.23. The molecule has 0 radical (unpaired) electrons. The second-order valence-electron chi connectivity index (χ2n) is 5.35. The van der Waals surface area contributed by atoms with Gasteiger partial charge in [-0.2, -0.15) is 0 Å². The minimum Gasteiger partial charge on any atom is -0.490 e. The molecule has 5 heteroatoms. The maximum absolute atomic E-state index is 12.4. The molecular formula is C21H17IO4. The molecule has 132 valence electrons. The molecule has 0 heterocycles. The van der Waals surface area contributed by atoms with Crippen molar-refractivity contribution < 1.29 is 19.0 Å². The van der Waals surface area contributed by atoms with E-state index in [1.54, 1.807) is 30.3 Å². The smallest absolute Gasteiger partial charge is 0.347 e. The Hall–Kier alpha value is -2.54. The van der Waals surface area contributed by atoms with Gasteiger partial charge in [-0.05, 0) is 71.1 Å². The molecule has 4 nitrogen and oxygen atoms in total. The van der Waals surface area contributed by atoms with Gasteiger partial charge in [0.1, 0.15) is 36.0 Å². The van der Waals surface area contributed by atoms with E-state index in [9.17, 15) is 4.79 Å². The quantitative estimate of drug-likeness (QED) is 0.216. The van der Waals surface area contributed by atoms with Gasteiger partial charge in [-0.15, -0.1) is 0 Å². The lowest BCUT2D eigenvalue weighted by atomic mass is 10.2. The molecule has 0 spiro atoms. The van der Waals surface area contributed by atoms with Crippen LogP contribution in [-0.2, 0) is 0 Å². The average Bonchev–Trinajstić information content (AvgIpc) is 2.68. The van der Waals surface area contributed by atoms with Crippen LogP contribution < -0.4 is 14.2 Å². The van der Waals surface area contributed by atoms with E-state index in [1.807, 2.05) is 48.5 Å². The molecular weight excluding hydrogens is 443 g/mol. The van der Waals surface area contributed by atoms with Gasteiger partial charge in [0.2, 0.25) is 0 Å². The minimum atomic E-state index is -0.453. The van der Waals surface area contributed by atoms with E-state index < -0.39 is 5.97 Å².